The number of nitrogens with one attached hydrogen (secondary N) is 1. The molecule has 0 radical (unpaired) electrons. The molecular formula is C25H29N5O3. The van der Waals surface area contributed by atoms with Crippen LogP contribution >= 0.6 is 0 Å². The lowest BCUT2D eigenvalue weighted by molar-refractivity contribution is 0.100. The number of hydrogen-bond acceptors (Lipinski definition) is 7. The van der Waals surface area contributed by atoms with E-state index in [0.717, 1.165) is 49.2 Å². The minimum Gasteiger partial charge on any atom is -0.504 e. The minimum atomic E-state index is -0.443. The first-order valence-electron chi connectivity index (χ1n) is 11.2. The summed E-state index contributed by atoms with van der Waals surface area (Å²) in [7, 11) is 0. The van der Waals surface area contributed by atoms with E-state index in [4.69, 9.17) is 10.5 Å². The highest BCUT2D eigenvalue weighted by Gasteiger charge is 2.20. The van der Waals surface area contributed by atoms with E-state index in [1.165, 1.54) is 0 Å². The van der Waals surface area contributed by atoms with E-state index in [2.05, 4.69) is 20.2 Å². The number of benzene rings is 2. The fourth-order valence-electron chi connectivity index (χ4n) is 3.98. The molecule has 2 heterocycles. The van der Waals surface area contributed by atoms with E-state index < -0.39 is 5.91 Å². The number of aromatic hydroxyl groups is 1. The second kappa shape index (κ2) is 10.3. The van der Waals surface area contributed by atoms with Gasteiger partial charge in [-0.05, 0) is 55.2 Å². The molecule has 8 heteroatoms. The monoisotopic (exact) mass is 447 g/mol. The van der Waals surface area contributed by atoms with E-state index in [9.17, 15) is 9.90 Å². The van der Waals surface area contributed by atoms with Gasteiger partial charge in [-0.1, -0.05) is 18.2 Å². The molecule has 1 amide bonds. The van der Waals surface area contributed by atoms with Crippen molar-refractivity contribution in [2.24, 2.45) is 5.73 Å². The summed E-state index contributed by atoms with van der Waals surface area (Å²) in [5.74, 6) is 0.890. The third kappa shape index (κ3) is 5.78. The highest BCUT2D eigenvalue weighted by atomic mass is 16.5. The van der Waals surface area contributed by atoms with Crippen LogP contribution in [0, 0.1) is 0 Å². The molecule has 1 saturated heterocycles. The van der Waals surface area contributed by atoms with Gasteiger partial charge in [-0.15, -0.1) is 0 Å². The molecule has 0 saturated carbocycles. The Balaban J connectivity index is 1.28. The summed E-state index contributed by atoms with van der Waals surface area (Å²) in [6, 6.07) is 13.0. The van der Waals surface area contributed by atoms with Crippen molar-refractivity contribution in [1.82, 2.24) is 14.9 Å². The van der Waals surface area contributed by atoms with E-state index in [1.54, 1.807) is 30.6 Å². The molecule has 2 aromatic carbocycles. The number of rotatable bonds is 8. The molecule has 1 aliphatic heterocycles. The molecule has 33 heavy (non-hydrogen) atoms. The van der Waals surface area contributed by atoms with Gasteiger partial charge in [-0.25, -0.2) is 9.97 Å². The number of carbonyl (C=O) groups excluding carboxylic acids is 1. The van der Waals surface area contributed by atoms with Gasteiger partial charge in [0, 0.05) is 49.2 Å². The van der Waals surface area contributed by atoms with Crippen LogP contribution in [0.1, 0.15) is 35.7 Å². The number of carbonyl (C=O) groups is 1. The van der Waals surface area contributed by atoms with Gasteiger partial charge in [-0.2, -0.15) is 0 Å². The summed E-state index contributed by atoms with van der Waals surface area (Å²) in [6.45, 7) is 5.19. The number of phenols is 1. The number of likely N-dealkylation sites (tertiary alicyclic amines) is 1. The maximum atomic E-state index is 11.2. The second-order valence-electron chi connectivity index (χ2n) is 8.17. The van der Waals surface area contributed by atoms with Crippen LogP contribution in [0.5, 0.6) is 11.5 Å². The highest BCUT2D eigenvalue weighted by molar-refractivity contribution is 5.93. The largest absolute Gasteiger partial charge is 0.504 e. The number of ether oxygens (including phenoxy) is 1. The van der Waals surface area contributed by atoms with Crippen LogP contribution in [-0.2, 0) is 6.54 Å². The number of amides is 1. The molecule has 172 valence electrons. The molecule has 0 atom stereocenters. The summed E-state index contributed by atoms with van der Waals surface area (Å²) in [4.78, 5) is 22.5. The Labute approximate surface area is 193 Å². The zero-order valence-electron chi connectivity index (χ0n) is 18.7. The van der Waals surface area contributed by atoms with Crippen LogP contribution in [0.3, 0.4) is 0 Å². The molecule has 1 aromatic heterocycles. The van der Waals surface area contributed by atoms with Gasteiger partial charge in [0.25, 0.3) is 0 Å². The number of hydrogen-bond donors (Lipinski definition) is 3. The third-order valence-electron chi connectivity index (χ3n) is 5.81. The van der Waals surface area contributed by atoms with E-state index >= 15 is 0 Å². The lowest BCUT2D eigenvalue weighted by atomic mass is 10.0. The molecule has 0 bridgehead atoms. The van der Waals surface area contributed by atoms with E-state index in [1.807, 2.05) is 31.2 Å². The average Bonchev–Trinajstić information content (AvgIpc) is 2.83. The lowest BCUT2D eigenvalue weighted by Crippen LogP contribution is -2.38. The second-order valence-corrected chi connectivity index (χ2v) is 8.17. The van der Waals surface area contributed by atoms with Gasteiger partial charge in [0.05, 0.1) is 6.61 Å². The predicted octanol–water partition coefficient (Wildman–Crippen LogP) is 3.42. The number of anilines is 1. The van der Waals surface area contributed by atoms with Crippen molar-refractivity contribution >= 4 is 11.9 Å². The molecule has 0 unspecified atom stereocenters. The van der Waals surface area contributed by atoms with Gasteiger partial charge < -0.3 is 20.9 Å². The highest BCUT2D eigenvalue weighted by Crippen LogP contribution is 2.28. The Kier molecular flexibility index (Phi) is 7.04. The van der Waals surface area contributed by atoms with Crippen molar-refractivity contribution in [1.29, 1.82) is 0 Å². The van der Waals surface area contributed by atoms with Crippen molar-refractivity contribution in [3.63, 3.8) is 0 Å². The fraction of sp³-hybridized carbons (Fsp3) is 0.320. The van der Waals surface area contributed by atoms with Crippen molar-refractivity contribution in [3.8, 4) is 22.6 Å². The summed E-state index contributed by atoms with van der Waals surface area (Å²) < 4.78 is 5.49. The first kappa shape index (κ1) is 22.5. The van der Waals surface area contributed by atoms with Crippen molar-refractivity contribution < 1.29 is 14.6 Å². The van der Waals surface area contributed by atoms with Gasteiger partial charge >= 0.3 is 0 Å². The summed E-state index contributed by atoms with van der Waals surface area (Å²) in [6.07, 6.45) is 5.56. The smallest absolute Gasteiger partial charge is 0.248 e. The number of primary amides is 1. The Hall–Kier alpha value is -3.65. The molecule has 8 nitrogen and oxygen atoms in total. The van der Waals surface area contributed by atoms with E-state index in [-0.39, 0.29) is 5.75 Å². The maximum absolute atomic E-state index is 11.2. The molecular weight excluding hydrogens is 418 g/mol. The number of nitrogens with zero attached hydrogens (tertiary/aromatic N) is 3. The van der Waals surface area contributed by atoms with Crippen molar-refractivity contribution in [3.05, 3.63) is 66.0 Å². The Morgan fingerprint density at radius 3 is 2.45 bits per heavy atom. The van der Waals surface area contributed by atoms with Crippen LogP contribution in [0.25, 0.3) is 11.1 Å². The van der Waals surface area contributed by atoms with Crippen LogP contribution in [0.4, 0.5) is 5.95 Å². The Bertz CT molecular complexity index is 1080. The topological polar surface area (TPSA) is 114 Å². The van der Waals surface area contributed by atoms with Gasteiger partial charge in [0.1, 0.15) is 0 Å². The standard InChI is InChI=1S/C25H29N5O3/c1-2-33-23-13-17(3-8-22(23)31)16-30-11-9-21(10-12-30)29-25-27-14-20(15-28-25)18-4-6-19(7-5-18)24(26)32/h3-8,13-15,21,31H,2,9-12,16H2,1H3,(H2,26,32)(H,27,28,29). The minimum absolute atomic E-state index is 0.178. The van der Waals surface area contributed by atoms with Crippen molar-refractivity contribution in [2.45, 2.75) is 32.4 Å². The van der Waals surface area contributed by atoms with Crippen molar-refractivity contribution in [2.75, 3.05) is 25.0 Å². The normalized spacial score (nSPS) is 14.7. The van der Waals surface area contributed by atoms with Gasteiger partial charge in [0.15, 0.2) is 11.5 Å². The van der Waals surface area contributed by atoms with Gasteiger partial charge in [-0.3, -0.25) is 9.69 Å². The zero-order chi connectivity index (χ0) is 23.2. The number of phenolic OH excluding ortho intramolecular Hbond substituents is 1. The molecule has 0 aliphatic carbocycles. The molecule has 4 rings (SSSR count). The van der Waals surface area contributed by atoms with Gasteiger partial charge in [0.2, 0.25) is 11.9 Å². The maximum Gasteiger partial charge on any atom is 0.248 e. The summed E-state index contributed by atoms with van der Waals surface area (Å²) >= 11 is 0. The van der Waals surface area contributed by atoms with Crippen LogP contribution in [-0.4, -0.2) is 51.6 Å². The molecule has 1 fully saturated rings. The van der Waals surface area contributed by atoms with Crippen LogP contribution in [0.15, 0.2) is 54.9 Å². The average molecular weight is 448 g/mol. The van der Waals surface area contributed by atoms with Crippen LogP contribution in [0.2, 0.25) is 0 Å². The Morgan fingerprint density at radius 2 is 1.82 bits per heavy atom. The zero-order valence-corrected chi connectivity index (χ0v) is 18.7. The van der Waals surface area contributed by atoms with Crippen LogP contribution < -0.4 is 15.8 Å². The Morgan fingerprint density at radius 1 is 1.12 bits per heavy atom. The number of piperidine rings is 1. The molecule has 3 aromatic rings. The predicted molar refractivity (Wildman–Crippen MR) is 127 cm³/mol. The number of nitrogens with two attached hydrogens (primary N) is 1. The fourth-order valence-corrected chi connectivity index (χ4v) is 3.98. The third-order valence-corrected chi connectivity index (χ3v) is 5.81. The molecule has 4 N–H and O–H groups in total. The van der Waals surface area contributed by atoms with E-state index in [0.29, 0.717) is 29.9 Å². The molecule has 1 aliphatic rings. The summed E-state index contributed by atoms with van der Waals surface area (Å²) in [5, 5.41) is 13.3. The quantitative estimate of drug-likeness (QED) is 0.485. The summed E-state index contributed by atoms with van der Waals surface area (Å²) in [5.41, 5.74) is 8.71. The first-order valence-corrected chi connectivity index (χ1v) is 11.2. The molecule has 0 spiro atoms. The number of aromatic nitrogens is 2. The lowest BCUT2D eigenvalue weighted by Gasteiger charge is -2.32. The first-order chi connectivity index (χ1) is 16.0. The SMILES string of the molecule is CCOc1cc(CN2CCC(Nc3ncc(-c4ccc(C(N)=O)cc4)cn3)CC2)ccc1O.